The van der Waals surface area contributed by atoms with Crippen molar-refractivity contribution in [3.8, 4) is 5.82 Å². The molecule has 8 nitrogen and oxygen atoms in total. The molecule has 0 radical (unpaired) electrons. The zero-order valence-corrected chi connectivity index (χ0v) is 16.3. The van der Waals surface area contributed by atoms with E-state index in [1.807, 2.05) is 28.9 Å². The van der Waals surface area contributed by atoms with E-state index in [0.29, 0.717) is 5.92 Å². The van der Waals surface area contributed by atoms with Crippen LogP contribution >= 0.6 is 0 Å². The third kappa shape index (κ3) is 3.66. The molecule has 28 heavy (non-hydrogen) atoms. The second-order valence-electron chi connectivity index (χ2n) is 7.99. The van der Waals surface area contributed by atoms with Gasteiger partial charge in [0.2, 0.25) is 0 Å². The summed E-state index contributed by atoms with van der Waals surface area (Å²) in [4.78, 5) is 5.24. The third-order valence-corrected chi connectivity index (χ3v) is 6.15. The molecule has 0 aliphatic carbocycles. The number of piperidine rings is 2. The standard InChI is InChI=1S/C20H28N8/c1-2-10-25(11-3-1)15-16-26-13-7-17(8-14-26)20-23-22-18-5-6-19(24-28(18)20)27-12-4-9-21-27/h4-6,9,12,17H,1-3,7-8,10-11,13-16H2. The van der Waals surface area contributed by atoms with Gasteiger partial charge in [-0.25, -0.2) is 4.68 Å². The van der Waals surface area contributed by atoms with Crippen molar-refractivity contribution in [1.82, 2.24) is 39.4 Å². The highest BCUT2D eigenvalue weighted by molar-refractivity contribution is 5.39. The first kappa shape index (κ1) is 17.8. The number of aromatic nitrogens is 6. The summed E-state index contributed by atoms with van der Waals surface area (Å²) in [6.07, 6.45) is 10.1. The van der Waals surface area contributed by atoms with Crippen LogP contribution in [0, 0.1) is 0 Å². The van der Waals surface area contributed by atoms with Crippen molar-refractivity contribution in [3.63, 3.8) is 0 Å². The monoisotopic (exact) mass is 380 g/mol. The van der Waals surface area contributed by atoms with Crippen molar-refractivity contribution >= 4 is 5.65 Å². The van der Waals surface area contributed by atoms with Crippen LogP contribution in [0.1, 0.15) is 43.8 Å². The maximum Gasteiger partial charge on any atom is 0.178 e. The molecule has 0 spiro atoms. The van der Waals surface area contributed by atoms with Crippen LogP contribution in [0.15, 0.2) is 30.6 Å². The Labute approximate surface area is 165 Å². The van der Waals surface area contributed by atoms with E-state index in [9.17, 15) is 0 Å². The highest BCUT2D eigenvalue weighted by Gasteiger charge is 2.25. The number of rotatable bonds is 5. The van der Waals surface area contributed by atoms with Crippen LogP contribution in [0.3, 0.4) is 0 Å². The molecule has 5 heterocycles. The summed E-state index contributed by atoms with van der Waals surface area (Å²) in [5.41, 5.74) is 0.804. The molecule has 148 valence electrons. The van der Waals surface area contributed by atoms with Gasteiger partial charge in [0.1, 0.15) is 0 Å². The minimum absolute atomic E-state index is 0.418. The SMILES string of the molecule is c1cnn(-c2ccc3nnc(C4CCN(CCN5CCCCC5)CC4)n3n2)c1. The molecule has 2 saturated heterocycles. The van der Waals surface area contributed by atoms with Gasteiger partial charge >= 0.3 is 0 Å². The minimum atomic E-state index is 0.418. The first-order chi connectivity index (χ1) is 13.9. The van der Waals surface area contributed by atoms with E-state index < -0.39 is 0 Å². The highest BCUT2D eigenvalue weighted by Crippen LogP contribution is 2.27. The van der Waals surface area contributed by atoms with Gasteiger partial charge in [-0.05, 0) is 70.1 Å². The average molecular weight is 381 g/mol. The van der Waals surface area contributed by atoms with Gasteiger partial charge in [0.25, 0.3) is 0 Å². The van der Waals surface area contributed by atoms with E-state index in [0.717, 1.165) is 43.2 Å². The van der Waals surface area contributed by atoms with E-state index in [1.165, 1.54) is 45.4 Å². The average Bonchev–Trinajstić information content (AvgIpc) is 3.43. The Morgan fingerprint density at radius 1 is 0.893 bits per heavy atom. The van der Waals surface area contributed by atoms with Crippen molar-refractivity contribution in [2.75, 3.05) is 39.3 Å². The summed E-state index contributed by atoms with van der Waals surface area (Å²) in [5, 5.41) is 17.8. The van der Waals surface area contributed by atoms with Crippen LogP contribution in [-0.4, -0.2) is 78.7 Å². The number of fused-ring (bicyclic) bond motifs is 1. The molecule has 0 amide bonds. The third-order valence-electron chi connectivity index (χ3n) is 6.15. The summed E-state index contributed by atoms with van der Waals surface area (Å²) in [5.74, 6) is 2.19. The minimum Gasteiger partial charge on any atom is -0.302 e. The van der Waals surface area contributed by atoms with Crippen molar-refractivity contribution in [1.29, 1.82) is 0 Å². The molecule has 8 heteroatoms. The van der Waals surface area contributed by atoms with Crippen molar-refractivity contribution in [2.45, 2.75) is 38.0 Å². The normalized spacial score (nSPS) is 20.1. The van der Waals surface area contributed by atoms with Crippen LogP contribution in [0.5, 0.6) is 0 Å². The first-order valence-corrected chi connectivity index (χ1v) is 10.5. The Morgan fingerprint density at radius 3 is 2.43 bits per heavy atom. The molecule has 5 rings (SSSR count). The highest BCUT2D eigenvalue weighted by atomic mass is 15.4. The molecule has 0 saturated carbocycles. The lowest BCUT2D eigenvalue weighted by Gasteiger charge is -2.34. The number of likely N-dealkylation sites (tertiary alicyclic amines) is 2. The Kier molecular flexibility index (Phi) is 5.05. The van der Waals surface area contributed by atoms with Gasteiger partial charge in [-0.3, -0.25) is 0 Å². The fourth-order valence-electron chi connectivity index (χ4n) is 4.46. The molecule has 3 aromatic rings. The van der Waals surface area contributed by atoms with Crippen molar-refractivity contribution < 1.29 is 0 Å². The predicted molar refractivity (Wildman–Crippen MR) is 107 cm³/mol. The Morgan fingerprint density at radius 2 is 1.68 bits per heavy atom. The number of nitrogens with zero attached hydrogens (tertiary/aromatic N) is 8. The molecule has 2 aliphatic heterocycles. The summed E-state index contributed by atoms with van der Waals surface area (Å²) in [7, 11) is 0. The number of hydrogen-bond acceptors (Lipinski definition) is 6. The van der Waals surface area contributed by atoms with E-state index in [4.69, 9.17) is 5.10 Å². The molecule has 2 aliphatic rings. The quantitative estimate of drug-likeness (QED) is 0.674. The molecule has 0 unspecified atom stereocenters. The van der Waals surface area contributed by atoms with Crippen LogP contribution < -0.4 is 0 Å². The first-order valence-electron chi connectivity index (χ1n) is 10.5. The van der Waals surface area contributed by atoms with Crippen LogP contribution in [0.4, 0.5) is 0 Å². The van der Waals surface area contributed by atoms with E-state index in [1.54, 1.807) is 10.9 Å². The fourth-order valence-corrected chi connectivity index (χ4v) is 4.46. The van der Waals surface area contributed by atoms with Crippen LogP contribution in [0.2, 0.25) is 0 Å². The molecule has 0 atom stereocenters. The predicted octanol–water partition coefficient (Wildman–Crippen LogP) is 1.98. The maximum absolute atomic E-state index is 4.74. The summed E-state index contributed by atoms with van der Waals surface area (Å²) in [6, 6.07) is 5.80. The summed E-state index contributed by atoms with van der Waals surface area (Å²) >= 11 is 0. The van der Waals surface area contributed by atoms with Gasteiger partial charge in [-0.2, -0.15) is 9.61 Å². The smallest absolute Gasteiger partial charge is 0.178 e. The van der Waals surface area contributed by atoms with Gasteiger partial charge < -0.3 is 9.80 Å². The Balaban J connectivity index is 1.23. The van der Waals surface area contributed by atoms with Gasteiger partial charge in [0.15, 0.2) is 17.3 Å². The van der Waals surface area contributed by atoms with E-state index in [-0.39, 0.29) is 0 Å². The Bertz CT molecular complexity index is 888. The second kappa shape index (κ2) is 7.97. The lowest BCUT2D eigenvalue weighted by Crippen LogP contribution is -2.41. The zero-order valence-electron chi connectivity index (χ0n) is 16.3. The van der Waals surface area contributed by atoms with Crippen molar-refractivity contribution in [2.24, 2.45) is 0 Å². The van der Waals surface area contributed by atoms with Gasteiger partial charge in [-0.1, -0.05) is 6.42 Å². The lowest BCUT2D eigenvalue weighted by molar-refractivity contribution is 0.157. The number of hydrogen-bond donors (Lipinski definition) is 0. The second-order valence-corrected chi connectivity index (χ2v) is 7.99. The van der Waals surface area contributed by atoms with Gasteiger partial charge in [0, 0.05) is 31.4 Å². The largest absolute Gasteiger partial charge is 0.302 e. The van der Waals surface area contributed by atoms with Gasteiger partial charge in [0.05, 0.1) is 0 Å². The van der Waals surface area contributed by atoms with Crippen LogP contribution in [-0.2, 0) is 0 Å². The van der Waals surface area contributed by atoms with E-state index >= 15 is 0 Å². The van der Waals surface area contributed by atoms with Crippen LogP contribution in [0.25, 0.3) is 11.5 Å². The molecule has 3 aromatic heterocycles. The van der Waals surface area contributed by atoms with Crippen molar-refractivity contribution in [3.05, 3.63) is 36.4 Å². The molecule has 0 N–H and O–H groups in total. The van der Waals surface area contributed by atoms with E-state index in [2.05, 4.69) is 25.1 Å². The fraction of sp³-hybridized carbons (Fsp3) is 0.600. The maximum atomic E-state index is 4.74. The summed E-state index contributed by atoms with van der Waals surface area (Å²) < 4.78 is 3.68. The lowest BCUT2D eigenvalue weighted by atomic mass is 9.96. The molecular weight excluding hydrogens is 352 g/mol. The zero-order chi connectivity index (χ0) is 18.8. The Hall–Kier alpha value is -2.32. The molecule has 2 fully saturated rings. The topological polar surface area (TPSA) is 67.4 Å². The molecular formula is C20H28N8. The van der Waals surface area contributed by atoms with Gasteiger partial charge in [-0.15, -0.1) is 15.3 Å². The molecule has 0 aromatic carbocycles. The molecule has 0 bridgehead atoms. The summed E-state index contributed by atoms with van der Waals surface area (Å²) in [6.45, 7) is 7.24.